The highest BCUT2D eigenvalue weighted by Crippen LogP contribution is 2.30. The van der Waals surface area contributed by atoms with Crippen LogP contribution >= 0.6 is 11.8 Å². The lowest BCUT2D eigenvalue weighted by Gasteiger charge is -2.24. The Bertz CT molecular complexity index is 1050. The second kappa shape index (κ2) is 14.2. The minimum atomic E-state index is -0.330. The Morgan fingerprint density at radius 1 is 0.829 bits per heavy atom. The molecule has 3 aromatic carbocycles. The average molecular weight is 491 g/mol. The fraction of sp³-hybridized carbons (Fsp3) is 0.310. The number of nitrogens with zero attached hydrogens (tertiary/aromatic N) is 1. The lowest BCUT2D eigenvalue weighted by atomic mass is 10.1. The van der Waals surface area contributed by atoms with Crippen molar-refractivity contribution in [3.8, 4) is 5.75 Å². The molecule has 0 saturated heterocycles. The fourth-order valence-electron chi connectivity index (χ4n) is 3.66. The molecule has 184 valence electrons. The van der Waals surface area contributed by atoms with Crippen molar-refractivity contribution in [3.63, 3.8) is 0 Å². The normalized spacial score (nSPS) is 10.6. The van der Waals surface area contributed by atoms with Gasteiger partial charge in [0.05, 0.1) is 0 Å². The number of nitrogens with one attached hydrogen (secondary N) is 1. The molecule has 3 rings (SSSR count). The second-order valence-corrected chi connectivity index (χ2v) is 9.52. The summed E-state index contributed by atoms with van der Waals surface area (Å²) in [5, 5.41) is 3.07. The standard InChI is InChI=1S/C29H34N2O3S/c1-3-4-5-6-10-21-31(29(33)30-22-24-11-8-7-9-12-24)25-13-17-27(18-14-25)35-28-19-15-26(16-20-28)34-23(2)32/h7-9,11-20H,3-6,10,21-22H2,1-2H3,(H,30,33). The molecular weight excluding hydrogens is 456 g/mol. The fourth-order valence-corrected chi connectivity index (χ4v) is 4.48. The number of carbonyl (C=O) groups excluding carboxylic acids is 2. The molecule has 0 atom stereocenters. The summed E-state index contributed by atoms with van der Waals surface area (Å²) in [4.78, 5) is 28.1. The largest absolute Gasteiger partial charge is 0.427 e. The molecule has 0 saturated carbocycles. The topological polar surface area (TPSA) is 58.6 Å². The highest BCUT2D eigenvalue weighted by Gasteiger charge is 2.15. The molecule has 1 N–H and O–H groups in total. The summed E-state index contributed by atoms with van der Waals surface area (Å²) in [5.41, 5.74) is 1.97. The van der Waals surface area contributed by atoms with Crippen molar-refractivity contribution in [1.29, 1.82) is 0 Å². The van der Waals surface area contributed by atoms with E-state index in [1.807, 2.05) is 71.6 Å². The molecule has 0 aliphatic rings. The van der Waals surface area contributed by atoms with Crippen LogP contribution in [-0.4, -0.2) is 18.5 Å². The van der Waals surface area contributed by atoms with E-state index in [1.165, 1.54) is 26.2 Å². The zero-order valence-corrected chi connectivity index (χ0v) is 21.4. The van der Waals surface area contributed by atoms with E-state index < -0.39 is 0 Å². The Kier molecular flexibility index (Phi) is 10.7. The highest BCUT2D eigenvalue weighted by molar-refractivity contribution is 7.99. The van der Waals surface area contributed by atoms with Crippen LogP contribution in [0.5, 0.6) is 5.75 Å². The zero-order chi connectivity index (χ0) is 24.9. The van der Waals surface area contributed by atoms with Crippen molar-refractivity contribution in [2.24, 2.45) is 0 Å². The Hall–Kier alpha value is -3.25. The molecule has 2 amide bonds. The van der Waals surface area contributed by atoms with Gasteiger partial charge in [0.15, 0.2) is 0 Å². The molecule has 6 heteroatoms. The van der Waals surface area contributed by atoms with Gasteiger partial charge in [-0.25, -0.2) is 4.79 Å². The van der Waals surface area contributed by atoms with Crippen molar-refractivity contribution in [1.82, 2.24) is 5.32 Å². The molecule has 5 nitrogen and oxygen atoms in total. The second-order valence-electron chi connectivity index (χ2n) is 8.37. The third kappa shape index (κ3) is 9.13. The Morgan fingerprint density at radius 2 is 1.46 bits per heavy atom. The number of ether oxygens (including phenoxy) is 1. The van der Waals surface area contributed by atoms with Gasteiger partial charge in [-0.1, -0.05) is 74.7 Å². The lowest BCUT2D eigenvalue weighted by molar-refractivity contribution is -0.131. The number of hydrogen-bond donors (Lipinski definition) is 1. The van der Waals surface area contributed by atoms with Crippen LogP contribution in [0, 0.1) is 0 Å². The van der Waals surface area contributed by atoms with Crippen LogP contribution in [0.4, 0.5) is 10.5 Å². The summed E-state index contributed by atoms with van der Waals surface area (Å²) < 4.78 is 5.09. The van der Waals surface area contributed by atoms with E-state index in [-0.39, 0.29) is 12.0 Å². The molecule has 0 aromatic heterocycles. The predicted octanol–water partition coefficient (Wildman–Crippen LogP) is 7.45. The summed E-state index contributed by atoms with van der Waals surface area (Å²) in [6.07, 6.45) is 5.72. The molecule has 0 spiro atoms. The lowest BCUT2D eigenvalue weighted by Crippen LogP contribution is -2.40. The van der Waals surface area contributed by atoms with Gasteiger partial charge < -0.3 is 10.1 Å². The van der Waals surface area contributed by atoms with Crippen molar-refractivity contribution in [2.45, 2.75) is 62.3 Å². The maximum atomic E-state index is 13.1. The van der Waals surface area contributed by atoms with E-state index >= 15 is 0 Å². The van der Waals surface area contributed by atoms with Gasteiger partial charge in [-0.3, -0.25) is 9.69 Å². The first-order valence-electron chi connectivity index (χ1n) is 12.2. The Labute approximate surface area is 212 Å². The number of hydrogen-bond acceptors (Lipinski definition) is 4. The first-order chi connectivity index (χ1) is 17.0. The van der Waals surface area contributed by atoms with Gasteiger partial charge in [-0.2, -0.15) is 0 Å². The van der Waals surface area contributed by atoms with Gasteiger partial charge in [-0.15, -0.1) is 0 Å². The zero-order valence-electron chi connectivity index (χ0n) is 20.5. The van der Waals surface area contributed by atoms with Crippen LogP contribution in [0.3, 0.4) is 0 Å². The van der Waals surface area contributed by atoms with Gasteiger partial charge in [-0.05, 0) is 60.5 Å². The number of amides is 2. The van der Waals surface area contributed by atoms with Crippen LogP contribution < -0.4 is 15.0 Å². The minimum absolute atomic E-state index is 0.0780. The maximum absolute atomic E-state index is 13.1. The van der Waals surface area contributed by atoms with Crippen LogP contribution in [0.1, 0.15) is 51.5 Å². The van der Waals surface area contributed by atoms with E-state index in [2.05, 4.69) is 12.2 Å². The average Bonchev–Trinajstić information content (AvgIpc) is 2.87. The smallest absolute Gasteiger partial charge is 0.322 e. The highest BCUT2D eigenvalue weighted by atomic mass is 32.2. The molecule has 0 aliphatic heterocycles. The van der Waals surface area contributed by atoms with E-state index in [4.69, 9.17) is 4.74 Å². The summed E-state index contributed by atoms with van der Waals surface area (Å²) in [6, 6.07) is 25.4. The molecule has 0 bridgehead atoms. The third-order valence-electron chi connectivity index (χ3n) is 5.49. The SMILES string of the molecule is CCCCCCCN(C(=O)NCc1ccccc1)c1ccc(Sc2ccc(OC(C)=O)cc2)cc1. The number of esters is 1. The first kappa shape index (κ1) is 26.4. The number of rotatable bonds is 12. The number of carbonyl (C=O) groups is 2. The van der Waals surface area contributed by atoms with Crippen molar-refractivity contribution >= 4 is 29.4 Å². The minimum Gasteiger partial charge on any atom is -0.427 e. The summed E-state index contributed by atoms with van der Waals surface area (Å²) in [7, 11) is 0. The van der Waals surface area contributed by atoms with E-state index in [0.717, 1.165) is 33.9 Å². The van der Waals surface area contributed by atoms with Crippen LogP contribution in [0.2, 0.25) is 0 Å². The van der Waals surface area contributed by atoms with Gasteiger partial charge in [0, 0.05) is 35.5 Å². The summed E-state index contributed by atoms with van der Waals surface area (Å²) in [5.74, 6) is 0.206. The third-order valence-corrected chi connectivity index (χ3v) is 6.50. The quantitative estimate of drug-likeness (QED) is 0.163. The predicted molar refractivity (Wildman–Crippen MR) is 143 cm³/mol. The summed E-state index contributed by atoms with van der Waals surface area (Å²) >= 11 is 1.62. The van der Waals surface area contributed by atoms with Crippen molar-refractivity contribution in [3.05, 3.63) is 84.4 Å². The maximum Gasteiger partial charge on any atom is 0.322 e. The number of benzene rings is 3. The van der Waals surface area contributed by atoms with Gasteiger partial charge >= 0.3 is 12.0 Å². The molecule has 0 fully saturated rings. The van der Waals surface area contributed by atoms with Gasteiger partial charge in [0.1, 0.15) is 5.75 Å². The number of unbranched alkanes of at least 4 members (excludes halogenated alkanes) is 4. The summed E-state index contributed by atoms with van der Waals surface area (Å²) in [6.45, 7) is 4.79. The van der Waals surface area contributed by atoms with E-state index in [0.29, 0.717) is 18.8 Å². The van der Waals surface area contributed by atoms with Crippen molar-refractivity contribution < 1.29 is 14.3 Å². The molecule has 0 heterocycles. The molecule has 0 radical (unpaired) electrons. The van der Waals surface area contributed by atoms with Crippen LogP contribution in [0.15, 0.2) is 88.7 Å². The van der Waals surface area contributed by atoms with E-state index in [1.54, 1.807) is 23.9 Å². The molecular formula is C29H34N2O3S. The monoisotopic (exact) mass is 490 g/mol. The number of anilines is 1. The molecule has 3 aromatic rings. The number of urea groups is 1. The Balaban J connectivity index is 1.64. The van der Waals surface area contributed by atoms with Crippen LogP contribution in [-0.2, 0) is 11.3 Å². The van der Waals surface area contributed by atoms with Gasteiger partial charge in [0.2, 0.25) is 0 Å². The molecule has 0 aliphatic carbocycles. The molecule has 35 heavy (non-hydrogen) atoms. The Morgan fingerprint density at radius 3 is 2.09 bits per heavy atom. The molecule has 0 unspecified atom stereocenters. The first-order valence-corrected chi connectivity index (χ1v) is 13.0. The van der Waals surface area contributed by atoms with E-state index in [9.17, 15) is 9.59 Å². The van der Waals surface area contributed by atoms with Crippen LogP contribution in [0.25, 0.3) is 0 Å². The van der Waals surface area contributed by atoms with Crippen molar-refractivity contribution in [2.75, 3.05) is 11.4 Å². The van der Waals surface area contributed by atoms with Gasteiger partial charge in [0.25, 0.3) is 0 Å².